The zero-order chi connectivity index (χ0) is 22.3. The minimum absolute atomic E-state index is 0.169. The van der Waals surface area contributed by atoms with Gasteiger partial charge in [0.15, 0.2) is 0 Å². The lowest BCUT2D eigenvalue weighted by Gasteiger charge is -2.15. The van der Waals surface area contributed by atoms with E-state index in [-0.39, 0.29) is 17.4 Å². The Morgan fingerprint density at radius 2 is 1.67 bits per heavy atom. The van der Waals surface area contributed by atoms with Gasteiger partial charge < -0.3 is 9.88 Å². The Kier molecular flexibility index (Phi) is 5.36. The summed E-state index contributed by atoms with van der Waals surface area (Å²) in [4.78, 5) is 25.3. The van der Waals surface area contributed by atoms with Crippen LogP contribution in [0.5, 0.6) is 0 Å². The molecule has 4 nitrogen and oxygen atoms in total. The Labute approximate surface area is 165 Å². The highest BCUT2D eigenvalue weighted by Gasteiger charge is 2.34. The number of aromatic nitrogens is 1. The van der Waals surface area contributed by atoms with E-state index in [0.717, 1.165) is 36.5 Å². The number of rotatable bonds is 3. The standard InChI is InChI=1S/C20H14F6N2O2/c1-2-28-10-13(17(29)12-9-11(19(21,22)23)7-8-16(12)28)18(30)27-15-6-4-3-5-14(15)20(24,25)26/h3-10H,2H2,1H3,(H,27,30). The molecule has 1 aromatic heterocycles. The number of hydrogen-bond donors (Lipinski definition) is 1. The maximum atomic E-state index is 13.1. The van der Waals surface area contributed by atoms with Gasteiger partial charge in [-0.3, -0.25) is 9.59 Å². The Bertz CT molecular complexity index is 1180. The van der Waals surface area contributed by atoms with Gasteiger partial charge in [-0.2, -0.15) is 26.3 Å². The summed E-state index contributed by atoms with van der Waals surface area (Å²) in [5.74, 6) is -1.15. The third-order valence-corrected chi connectivity index (χ3v) is 4.47. The number of para-hydroxylation sites is 1. The first-order chi connectivity index (χ1) is 13.9. The summed E-state index contributed by atoms with van der Waals surface area (Å²) >= 11 is 0. The second kappa shape index (κ2) is 7.51. The van der Waals surface area contributed by atoms with Crippen molar-refractivity contribution in [1.82, 2.24) is 4.57 Å². The van der Waals surface area contributed by atoms with E-state index in [1.165, 1.54) is 10.6 Å². The van der Waals surface area contributed by atoms with E-state index in [4.69, 9.17) is 0 Å². The smallest absolute Gasteiger partial charge is 0.347 e. The van der Waals surface area contributed by atoms with Crippen molar-refractivity contribution in [3.63, 3.8) is 0 Å². The number of anilines is 1. The molecule has 0 atom stereocenters. The molecule has 1 heterocycles. The number of nitrogens with one attached hydrogen (secondary N) is 1. The quantitative estimate of drug-likeness (QED) is 0.575. The van der Waals surface area contributed by atoms with Crippen molar-refractivity contribution in [2.45, 2.75) is 25.8 Å². The molecule has 30 heavy (non-hydrogen) atoms. The van der Waals surface area contributed by atoms with Gasteiger partial charge in [-0.1, -0.05) is 12.1 Å². The molecule has 10 heteroatoms. The Morgan fingerprint density at radius 3 is 2.27 bits per heavy atom. The number of fused-ring (bicyclic) bond motifs is 1. The molecule has 1 amide bonds. The first kappa shape index (κ1) is 21.4. The molecule has 158 valence electrons. The highest BCUT2D eigenvalue weighted by molar-refractivity contribution is 6.06. The maximum Gasteiger partial charge on any atom is 0.418 e. The topological polar surface area (TPSA) is 51.1 Å². The van der Waals surface area contributed by atoms with Crippen molar-refractivity contribution in [2.24, 2.45) is 0 Å². The van der Waals surface area contributed by atoms with E-state index in [0.29, 0.717) is 6.07 Å². The molecule has 3 aromatic rings. The number of carbonyl (C=O) groups excluding carboxylic acids is 1. The number of carbonyl (C=O) groups is 1. The molecule has 0 aliphatic rings. The first-order valence-corrected chi connectivity index (χ1v) is 8.65. The fourth-order valence-corrected chi connectivity index (χ4v) is 3.03. The summed E-state index contributed by atoms with van der Waals surface area (Å²) in [6, 6.07) is 6.74. The van der Waals surface area contributed by atoms with Crippen LogP contribution in [0.2, 0.25) is 0 Å². The number of alkyl halides is 6. The van der Waals surface area contributed by atoms with Crippen molar-refractivity contribution >= 4 is 22.5 Å². The van der Waals surface area contributed by atoms with Crippen molar-refractivity contribution in [3.8, 4) is 0 Å². The van der Waals surface area contributed by atoms with Gasteiger partial charge in [0.05, 0.1) is 22.3 Å². The largest absolute Gasteiger partial charge is 0.418 e. The van der Waals surface area contributed by atoms with Crippen LogP contribution in [-0.4, -0.2) is 10.5 Å². The summed E-state index contributed by atoms with van der Waals surface area (Å²) in [5.41, 5.74) is -4.17. The zero-order valence-corrected chi connectivity index (χ0v) is 15.4. The van der Waals surface area contributed by atoms with Crippen LogP contribution in [0.15, 0.2) is 53.5 Å². The highest BCUT2D eigenvalue weighted by atomic mass is 19.4. The number of amides is 1. The molecule has 0 bridgehead atoms. The minimum atomic E-state index is -4.75. The van der Waals surface area contributed by atoms with E-state index < -0.39 is 46.1 Å². The van der Waals surface area contributed by atoms with Gasteiger partial charge in [0.1, 0.15) is 5.56 Å². The fourth-order valence-electron chi connectivity index (χ4n) is 3.03. The molecule has 0 fully saturated rings. The summed E-state index contributed by atoms with van der Waals surface area (Å²) in [5, 5.41) is 1.68. The Morgan fingerprint density at radius 1 is 1.00 bits per heavy atom. The van der Waals surface area contributed by atoms with Crippen LogP contribution in [0.25, 0.3) is 10.9 Å². The monoisotopic (exact) mass is 428 g/mol. The third kappa shape index (κ3) is 4.03. The Balaban J connectivity index is 2.14. The molecule has 0 aliphatic heterocycles. The van der Waals surface area contributed by atoms with Gasteiger partial charge >= 0.3 is 12.4 Å². The summed E-state index contributed by atoms with van der Waals surface area (Å²) < 4.78 is 79.9. The average molecular weight is 428 g/mol. The summed E-state index contributed by atoms with van der Waals surface area (Å²) in [7, 11) is 0. The van der Waals surface area contributed by atoms with Gasteiger partial charge in [-0.15, -0.1) is 0 Å². The lowest BCUT2D eigenvalue weighted by Crippen LogP contribution is -2.25. The molecule has 0 spiro atoms. The summed E-state index contributed by atoms with van der Waals surface area (Å²) in [6.45, 7) is 1.85. The van der Waals surface area contributed by atoms with E-state index in [1.807, 2.05) is 5.32 Å². The SMILES string of the molecule is CCn1cc(C(=O)Nc2ccccc2C(F)(F)F)c(=O)c2cc(C(F)(F)F)ccc21. The van der Waals surface area contributed by atoms with E-state index in [9.17, 15) is 35.9 Å². The molecule has 0 saturated heterocycles. The fraction of sp³-hybridized carbons (Fsp3) is 0.200. The van der Waals surface area contributed by atoms with Gasteiger partial charge in [0.2, 0.25) is 5.43 Å². The normalized spacial score (nSPS) is 12.2. The molecule has 0 aliphatic carbocycles. The highest BCUT2D eigenvalue weighted by Crippen LogP contribution is 2.35. The summed E-state index contributed by atoms with van der Waals surface area (Å²) in [6.07, 6.45) is -8.34. The average Bonchev–Trinajstić information content (AvgIpc) is 2.67. The van der Waals surface area contributed by atoms with Crippen LogP contribution in [0.3, 0.4) is 0 Å². The lowest BCUT2D eigenvalue weighted by atomic mass is 10.1. The number of aryl methyl sites for hydroxylation is 1. The van der Waals surface area contributed by atoms with Crippen LogP contribution in [0.4, 0.5) is 32.0 Å². The Hall–Kier alpha value is -3.30. The van der Waals surface area contributed by atoms with Crippen LogP contribution in [0, 0.1) is 0 Å². The van der Waals surface area contributed by atoms with Crippen molar-refractivity contribution in [1.29, 1.82) is 0 Å². The van der Waals surface area contributed by atoms with Gasteiger partial charge in [-0.25, -0.2) is 0 Å². The molecule has 0 radical (unpaired) electrons. The van der Waals surface area contributed by atoms with Crippen molar-refractivity contribution in [2.75, 3.05) is 5.32 Å². The molecule has 0 unspecified atom stereocenters. The molecular formula is C20H14F6N2O2. The molecular weight excluding hydrogens is 414 g/mol. The van der Waals surface area contributed by atoms with E-state index >= 15 is 0 Å². The maximum absolute atomic E-state index is 13.1. The first-order valence-electron chi connectivity index (χ1n) is 8.65. The second-order valence-corrected chi connectivity index (χ2v) is 6.39. The third-order valence-electron chi connectivity index (χ3n) is 4.47. The van der Waals surface area contributed by atoms with E-state index in [1.54, 1.807) is 6.92 Å². The molecule has 3 rings (SSSR count). The van der Waals surface area contributed by atoms with Crippen LogP contribution in [-0.2, 0) is 18.9 Å². The number of nitrogens with zero attached hydrogens (tertiary/aromatic N) is 1. The van der Waals surface area contributed by atoms with E-state index in [2.05, 4.69) is 0 Å². The van der Waals surface area contributed by atoms with Gasteiger partial charge in [-0.05, 0) is 37.3 Å². The van der Waals surface area contributed by atoms with Crippen LogP contribution < -0.4 is 10.7 Å². The minimum Gasteiger partial charge on any atom is -0.347 e. The van der Waals surface area contributed by atoms with Crippen LogP contribution in [0.1, 0.15) is 28.4 Å². The number of benzene rings is 2. The second-order valence-electron chi connectivity index (χ2n) is 6.39. The van der Waals surface area contributed by atoms with Crippen LogP contribution >= 0.6 is 0 Å². The molecule has 1 N–H and O–H groups in total. The van der Waals surface area contributed by atoms with Gasteiger partial charge in [0, 0.05) is 18.1 Å². The predicted octanol–water partition coefficient (Wildman–Crippen LogP) is 5.31. The molecule has 0 saturated carbocycles. The number of halogens is 6. The van der Waals surface area contributed by atoms with Crippen molar-refractivity contribution < 1.29 is 31.1 Å². The predicted molar refractivity (Wildman–Crippen MR) is 98.3 cm³/mol. The lowest BCUT2D eigenvalue weighted by molar-refractivity contribution is -0.138. The van der Waals surface area contributed by atoms with Gasteiger partial charge in [0.25, 0.3) is 5.91 Å². The number of pyridine rings is 1. The zero-order valence-electron chi connectivity index (χ0n) is 15.4. The molecule has 2 aromatic carbocycles. The van der Waals surface area contributed by atoms with Crippen molar-refractivity contribution in [3.05, 3.63) is 75.6 Å². The number of hydrogen-bond acceptors (Lipinski definition) is 2.